The molecule has 0 unspecified atom stereocenters. The van der Waals surface area contributed by atoms with Gasteiger partial charge >= 0.3 is 5.97 Å². The fourth-order valence-electron chi connectivity index (χ4n) is 3.13. The lowest BCUT2D eigenvalue weighted by atomic mass is 9.97. The van der Waals surface area contributed by atoms with E-state index in [9.17, 15) is 9.59 Å². The highest BCUT2D eigenvalue weighted by Crippen LogP contribution is 2.27. The number of ether oxygens (including phenoxy) is 2. The molecule has 0 bridgehead atoms. The van der Waals surface area contributed by atoms with Gasteiger partial charge in [-0.15, -0.1) is 0 Å². The van der Waals surface area contributed by atoms with Gasteiger partial charge in [-0.3, -0.25) is 4.79 Å². The van der Waals surface area contributed by atoms with E-state index in [2.05, 4.69) is 24.3 Å². The number of esters is 1. The van der Waals surface area contributed by atoms with Crippen molar-refractivity contribution in [2.24, 2.45) is 0 Å². The minimum absolute atomic E-state index is 0.00556. The van der Waals surface area contributed by atoms with Crippen molar-refractivity contribution in [3.8, 4) is 11.4 Å². The third-order valence-electron chi connectivity index (χ3n) is 5.13. The molecule has 3 rings (SSSR count). The van der Waals surface area contributed by atoms with E-state index in [1.165, 1.54) is 18.7 Å². The van der Waals surface area contributed by atoms with Crippen molar-refractivity contribution in [3.63, 3.8) is 0 Å². The Labute approximate surface area is 182 Å². The molecule has 1 aromatic heterocycles. The monoisotopic (exact) mass is 421 g/mol. The normalized spacial score (nSPS) is 12.6. The number of nitrogens with zero attached hydrogens (tertiary/aromatic N) is 2. The van der Waals surface area contributed by atoms with Crippen LogP contribution in [0.2, 0.25) is 0 Å². The van der Waals surface area contributed by atoms with Crippen molar-refractivity contribution in [3.05, 3.63) is 72.1 Å². The predicted molar refractivity (Wildman–Crippen MR) is 119 cm³/mol. The van der Waals surface area contributed by atoms with Gasteiger partial charge in [0.25, 0.3) is 5.91 Å². The fourth-order valence-corrected chi connectivity index (χ4v) is 3.13. The van der Waals surface area contributed by atoms with E-state index in [0.29, 0.717) is 5.92 Å². The zero-order valence-electron chi connectivity index (χ0n) is 18.2. The molecule has 0 aliphatic carbocycles. The number of amides is 1. The SMILES string of the molecule is CC[C@H](C)c1ccccc1NC(=O)[C@@H](C)OC(=O)c1nn(-c2ccccc2)cc1OC. The van der Waals surface area contributed by atoms with E-state index in [0.717, 1.165) is 23.4 Å². The molecule has 0 saturated heterocycles. The first-order valence-electron chi connectivity index (χ1n) is 10.2. The van der Waals surface area contributed by atoms with Gasteiger partial charge < -0.3 is 14.8 Å². The third-order valence-corrected chi connectivity index (χ3v) is 5.13. The fraction of sp³-hybridized carbons (Fsp3) is 0.292. The first-order chi connectivity index (χ1) is 14.9. The Bertz CT molecular complexity index is 1050. The minimum atomic E-state index is -1.01. The maximum absolute atomic E-state index is 12.7. The summed E-state index contributed by atoms with van der Waals surface area (Å²) in [5.41, 5.74) is 2.54. The lowest BCUT2D eigenvalue weighted by Crippen LogP contribution is -2.30. The van der Waals surface area contributed by atoms with Gasteiger partial charge in [-0.2, -0.15) is 5.10 Å². The van der Waals surface area contributed by atoms with Gasteiger partial charge in [0, 0.05) is 5.69 Å². The summed E-state index contributed by atoms with van der Waals surface area (Å²) in [7, 11) is 1.45. The molecule has 0 fully saturated rings. The second kappa shape index (κ2) is 9.93. The molecule has 3 aromatic rings. The highest BCUT2D eigenvalue weighted by molar-refractivity contribution is 5.98. The summed E-state index contributed by atoms with van der Waals surface area (Å²) < 4.78 is 12.2. The van der Waals surface area contributed by atoms with Gasteiger partial charge in [0.15, 0.2) is 11.9 Å². The number of rotatable bonds is 8. The smallest absolute Gasteiger partial charge is 0.363 e. The van der Waals surface area contributed by atoms with Gasteiger partial charge in [-0.05, 0) is 43.0 Å². The summed E-state index contributed by atoms with van der Waals surface area (Å²) in [5, 5.41) is 7.15. The van der Waals surface area contributed by atoms with Gasteiger partial charge in [0.2, 0.25) is 5.69 Å². The van der Waals surface area contributed by atoms with Crippen LogP contribution in [0.25, 0.3) is 5.69 Å². The first-order valence-corrected chi connectivity index (χ1v) is 10.2. The summed E-state index contributed by atoms with van der Waals surface area (Å²) in [6.07, 6.45) is 1.53. The van der Waals surface area contributed by atoms with Crippen LogP contribution < -0.4 is 10.1 Å². The van der Waals surface area contributed by atoms with E-state index in [1.54, 1.807) is 6.20 Å². The van der Waals surface area contributed by atoms with Crippen LogP contribution in [0, 0.1) is 0 Å². The molecule has 31 heavy (non-hydrogen) atoms. The van der Waals surface area contributed by atoms with Crippen LogP contribution in [0.1, 0.15) is 49.2 Å². The van der Waals surface area contributed by atoms with Crippen LogP contribution in [0.3, 0.4) is 0 Å². The zero-order valence-corrected chi connectivity index (χ0v) is 18.2. The Morgan fingerprint density at radius 2 is 1.74 bits per heavy atom. The molecule has 0 aliphatic rings. The lowest BCUT2D eigenvalue weighted by molar-refractivity contribution is -0.123. The highest BCUT2D eigenvalue weighted by Gasteiger charge is 2.25. The van der Waals surface area contributed by atoms with E-state index >= 15 is 0 Å². The van der Waals surface area contributed by atoms with Crippen molar-refractivity contribution in [1.82, 2.24) is 9.78 Å². The predicted octanol–water partition coefficient (Wildman–Crippen LogP) is 4.58. The summed E-state index contributed by atoms with van der Waals surface area (Å²) in [4.78, 5) is 25.4. The second-order valence-electron chi connectivity index (χ2n) is 7.26. The molecule has 0 spiro atoms. The van der Waals surface area contributed by atoms with Crippen molar-refractivity contribution >= 4 is 17.6 Å². The maximum atomic E-state index is 12.7. The summed E-state index contributed by atoms with van der Waals surface area (Å²) in [5.74, 6) is -0.584. The zero-order chi connectivity index (χ0) is 22.4. The number of benzene rings is 2. The van der Waals surface area contributed by atoms with E-state index in [4.69, 9.17) is 9.47 Å². The van der Waals surface area contributed by atoms with Crippen molar-refractivity contribution < 1.29 is 19.1 Å². The molecule has 0 radical (unpaired) electrons. The molecule has 2 atom stereocenters. The number of methoxy groups -OCH3 is 1. The standard InChI is InChI=1S/C24H27N3O4/c1-5-16(2)19-13-9-10-14-20(19)25-23(28)17(3)31-24(29)22-21(30-4)15-27(26-22)18-11-7-6-8-12-18/h6-17H,5H2,1-4H3,(H,25,28)/t16-,17+/m0/s1. The van der Waals surface area contributed by atoms with Gasteiger partial charge in [-0.1, -0.05) is 50.2 Å². The van der Waals surface area contributed by atoms with Crippen LogP contribution >= 0.6 is 0 Å². The number of aromatic nitrogens is 2. The van der Waals surface area contributed by atoms with Crippen LogP contribution in [0.15, 0.2) is 60.8 Å². The average Bonchev–Trinajstić information content (AvgIpc) is 3.24. The summed E-state index contributed by atoms with van der Waals surface area (Å²) in [6, 6.07) is 17.0. The number of nitrogens with one attached hydrogen (secondary N) is 1. The average molecular weight is 421 g/mol. The highest BCUT2D eigenvalue weighted by atomic mass is 16.6. The molecule has 7 nitrogen and oxygen atoms in total. The summed E-state index contributed by atoms with van der Waals surface area (Å²) in [6.45, 7) is 5.72. The Kier molecular flexibility index (Phi) is 7.07. The largest absolute Gasteiger partial charge is 0.493 e. The number of carbonyl (C=O) groups is 2. The minimum Gasteiger partial charge on any atom is -0.493 e. The number of anilines is 1. The molecule has 7 heteroatoms. The molecule has 0 aliphatic heterocycles. The molecular weight excluding hydrogens is 394 g/mol. The third kappa shape index (κ3) is 5.12. The number of para-hydroxylation sites is 2. The number of carbonyl (C=O) groups excluding carboxylic acids is 2. The Hall–Kier alpha value is -3.61. The quantitative estimate of drug-likeness (QED) is 0.539. The Morgan fingerprint density at radius 3 is 2.42 bits per heavy atom. The molecule has 162 valence electrons. The molecule has 1 N–H and O–H groups in total. The lowest BCUT2D eigenvalue weighted by Gasteiger charge is -2.18. The second-order valence-corrected chi connectivity index (χ2v) is 7.26. The van der Waals surface area contributed by atoms with Crippen molar-refractivity contribution in [2.45, 2.75) is 39.2 Å². The maximum Gasteiger partial charge on any atom is 0.363 e. The van der Waals surface area contributed by atoms with Crippen molar-refractivity contribution in [1.29, 1.82) is 0 Å². The molecule has 0 saturated carbocycles. The topological polar surface area (TPSA) is 82.5 Å². The van der Waals surface area contributed by atoms with Gasteiger partial charge in [0.1, 0.15) is 0 Å². The summed E-state index contributed by atoms with van der Waals surface area (Å²) >= 11 is 0. The van der Waals surface area contributed by atoms with Crippen LogP contribution in [-0.4, -0.2) is 34.9 Å². The van der Waals surface area contributed by atoms with E-state index in [-0.39, 0.29) is 11.4 Å². The van der Waals surface area contributed by atoms with Crippen LogP contribution in [0.5, 0.6) is 5.75 Å². The van der Waals surface area contributed by atoms with Gasteiger partial charge in [-0.25, -0.2) is 9.48 Å². The van der Waals surface area contributed by atoms with Crippen LogP contribution in [0.4, 0.5) is 5.69 Å². The van der Waals surface area contributed by atoms with Crippen molar-refractivity contribution in [2.75, 3.05) is 12.4 Å². The molecule has 1 amide bonds. The number of hydrogen-bond acceptors (Lipinski definition) is 5. The number of hydrogen-bond donors (Lipinski definition) is 1. The molecular formula is C24H27N3O4. The van der Waals surface area contributed by atoms with E-state index in [1.807, 2.05) is 54.6 Å². The Morgan fingerprint density at radius 1 is 1.06 bits per heavy atom. The van der Waals surface area contributed by atoms with E-state index < -0.39 is 18.0 Å². The van der Waals surface area contributed by atoms with Gasteiger partial charge in [0.05, 0.1) is 19.0 Å². The van der Waals surface area contributed by atoms with Crippen LogP contribution in [-0.2, 0) is 9.53 Å². The molecule has 2 aromatic carbocycles. The Balaban J connectivity index is 1.72. The first kappa shape index (κ1) is 22.1. The molecule has 1 heterocycles.